The van der Waals surface area contributed by atoms with Crippen LogP contribution in [0.2, 0.25) is 0 Å². The number of carbonyl (C=O) groups excluding carboxylic acids is 2. The van der Waals surface area contributed by atoms with Crippen LogP contribution in [0.3, 0.4) is 0 Å². The van der Waals surface area contributed by atoms with Crippen LogP contribution < -0.4 is 4.74 Å². The van der Waals surface area contributed by atoms with E-state index < -0.39 is 11.9 Å². The van der Waals surface area contributed by atoms with Crippen molar-refractivity contribution in [2.24, 2.45) is 0 Å². The first-order chi connectivity index (χ1) is 8.45. The zero-order chi connectivity index (χ0) is 13.7. The number of alkyl halides is 1. The van der Waals surface area contributed by atoms with Gasteiger partial charge in [0.25, 0.3) is 0 Å². The summed E-state index contributed by atoms with van der Waals surface area (Å²) >= 11 is 3.32. The minimum atomic E-state index is -0.435. The lowest BCUT2D eigenvalue weighted by atomic mass is 10.1. The number of hydrogen-bond donors (Lipinski definition) is 0. The lowest BCUT2D eigenvalue weighted by Gasteiger charge is -2.14. The predicted molar refractivity (Wildman–Crippen MR) is 68.4 cm³/mol. The van der Waals surface area contributed by atoms with Crippen molar-refractivity contribution in [2.75, 3.05) is 0 Å². The van der Waals surface area contributed by atoms with Crippen LogP contribution in [-0.2, 0) is 26.3 Å². The smallest absolute Gasteiger partial charge is 0.308 e. The summed E-state index contributed by atoms with van der Waals surface area (Å²) in [6.07, 6.45) is 1.66. The molecule has 1 rings (SSSR count). The Morgan fingerprint density at radius 3 is 2.50 bits per heavy atom. The Morgan fingerprint density at radius 2 is 2.00 bits per heavy atom. The molecule has 1 aromatic heterocycles. The van der Waals surface area contributed by atoms with Gasteiger partial charge in [-0.05, 0) is 12.5 Å². The van der Waals surface area contributed by atoms with Crippen LogP contribution >= 0.6 is 15.9 Å². The Balaban J connectivity index is 3.17. The minimum absolute atomic E-state index is 0.0578. The average Bonchev–Trinajstić information content (AvgIpc) is 2.29. The van der Waals surface area contributed by atoms with Gasteiger partial charge in [-0.3, -0.25) is 14.6 Å². The fraction of sp³-hybridized carbons (Fsp3) is 0.417. The third kappa shape index (κ3) is 3.80. The number of ether oxygens (including phenoxy) is 2. The van der Waals surface area contributed by atoms with Gasteiger partial charge in [-0.15, -0.1) is 0 Å². The molecule has 6 heteroatoms. The molecule has 0 fully saturated rings. The van der Waals surface area contributed by atoms with Crippen molar-refractivity contribution in [3.8, 4) is 5.75 Å². The number of carbonyl (C=O) groups is 2. The summed E-state index contributed by atoms with van der Waals surface area (Å²) in [5.41, 5.74) is 2.06. The third-order valence-corrected chi connectivity index (χ3v) is 2.82. The first kappa shape index (κ1) is 14.6. The fourth-order valence-electron chi connectivity index (χ4n) is 1.40. The summed E-state index contributed by atoms with van der Waals surface area (Å²) < 4.78 is 10.1. The van der Waals surface area contributed by atoms with Gasteiger partial charge in [0.1, 0.15) is 6.61 Å². The van der Waals surface area contributed by atoms with Gasteiger partial charge in [0, 0.05) is 30.9 Å². The molecular formula is C12H14BrNO4. The van der Waals surface area contributed by atoms with E-state index in [1.165, 1.54) is 13.8 Å². The highest BCUT2D eigenvalue weighted by Gasteiger charge is 2.16. The van der Waals surface area contributed by atoms with Gasteiger partial charge in [0.2, 0.25) is 0 Å². The standard InChI is InChI=1S/C12H14BrNO4/c1-7-12(18-9(3)16)11(6-17-8(2)15)10(4-13)5-14-7/h5H,4,6H2,1-3H3. The molecule has 0 aliphatic heterocycles. The summed E-state index contributed by atoms with van der Waals surface area (Å²) in [7, 11) is 0. The highest BCUT2D eigenvalue weighted by molar-refractivity contribution is 9.08. The second-order valence-electron chi connectivity index (χ2n) is 3.68. The van der Waals surface area contributed by atoms with E-state index in [1.54, 1.807) is 13.1 Å². The molecule has 0 unspecified atom stereocenters. The van der Waals surface area contributed by atoms with E-state index in [4.69, 9.17) is 9.47 Å². The number of nitrogens with zero attached hydrogens (tertiary/aromatic N) is 1. The molecule has 0 radical (unpaired) electrons. The van der Waals surface area contributed by atoms with E-state index in [0.29, 0.717) is 22.3 Å². The van der Waals surface area contributed by atoms with Crippen molar-refractivity contribution < 1.29 is 19.1 Å². The second kappa shape index (κ2) is 6.49. The van der Waals surface area contributed by atoms with Crippen LogP contribution in [0, 0.1) is 6.92 Å². The summed E-state index contributed by atoms with van der Waals surface area (Å²) in [4.78, 5) is 26.1. The molecule has 98 valence electrons. The van der Waals surface area contributed by atoms with Gasteiger partial charge in [-0.25, -0.2) is 0 Å². The van der Waals surface area contributed by atoms with Crippen LogP contribution in [0.4, 0.5) is 0 Å². The van der Waals surface area contributed by atoms with Gasteiger partial charge in [-0.1, -0.05) is 15.9 Å². The molecule has 0 amide bonds. The van der Waals surface area contributed by atoms with E-state index >= 15 is 0 Å². The molecule has 0 atom stereocenters. The predicted octanol–water partition coefficient (Wildman–Crippen LogP) is 2.27. The molecule has 1 aromatic rings. The maximum absolute atomic E-state index is 11.1. The first-order valence-electron chi connectivity index (χ1n) is 5.30. The Kier molecular flexibility index (Phi) is 5.27. The number of aromatic nitrogens is 1. The van der Waals surface area contributed by atoms with Crippen molar-refractivity contribution in [1.82, 2.24) is 4.98 Å². The van der Waals surface area contributed by atoms with Crippen molar-refractivity contribution >= 4 is 27.9 Å². The quantitative estimate of drug-likeness (QED) is 0.630. The molecule has 0 N–H and O–H groups in total. The summed E-state index contributed by atoms with van der Waals surface area (Å²) in [6, 6.07) is 0. The maximum Gasteiger partial charge on any atom is 0.308 e. The number of esters is 2. The number of hydrogen-bond acceptors (Lipinski definition) is 5. The lowest BCUT2D eigenvalue weighted by Crippen LogP contribution is -2.10. The first-order valence-corrected chi connectivity index (χ1v) is 6.43. The van der Waals surface area contributed by atoms with Crippen molar-refractivity contribution in [3.63, 3.8) is 0 Å². The van der Waals surface area contributed by atoms with Crippen LogP contribution in [-0.4, -0.2) is 16.9 Å². The van der Waals surface area contributed by atoms with Crippen molar-refractivity contribution in [3.05, 3.63) is 23.0 Å². The normalized spacial score (nSPS) is 10.0. The van der Waals surface area contributed by atoms with Gasteiger partial charge in [0.15, 0.2) is 5.75 Å². The molecule has 0 bridgehead atoms. The van der Waals surface area contributed by atoms with Gasteiger partial charge >= 0.3 is 11.9 Å². The fourth-order valence-corrected chi connectivity index (χ4v) is 1.89. The second-order valence-corrected chi connectivity index (χ2v) is 4.24. The molecule has 5 nitrogen and oxygen atoms in total. The van der Waals surface area contributed by atoms with Gasteiger partial charge in [-0.2, -0.15) is 0 Å². The summed E-state index contributed by atoms with van der Waals surface area (Å²) in [5.74, 6) is -0.463. The van der Waals surface area contributed by atoms with E-state index in [9.17, 15) is 9.59 Å². The third-order valence-electron chi connectivity index (χ3n) is 2.21. The highest BCUT2D eigenvalue weighted by atomic mass is 79.9. The molecule has 0 aliphatic rings. The minimum Gasteiger partial charge on any atom is -0.461 e. The molecule has 0 spiro atoms. The number of aryl methyl sites for hydroxylation is 1. The Morgan fingerprint density at radius 1 is 1.33 bits per heavy atom. The largest absolute Gasteiger partial charge is 0.461 e. The van der Waals surface area contributed by atoms with E-state index in [-0.39, 0.29) is 6.61 Å². The van der Waals surface area contributed by atoms with E-state index in [0.717, 1.165) is 5.56 Å². The zero-order valence-corrected chi connectivity index (χ0v) is 12.0. The Hall–Kier alpha value is -1.43. The van der Waals surface area contributed by atoms with E-state index in [1.807, 2.05) is 0 Å². The molecule has 0 saturated heterocycles. The van der Waals surface area contributed by atoms with Crippen LogP contribution in [0.25, 0.3) is 0 Å². The SMILES string of the molecule is CC(=O)OCc1c(CBr)cnc(C)c1OC(C)=O. The van der Waals surface area contributed by atoms with Crippen LogP contribution in [0.5, 0.6) is 5.75 Å². The van der Waals surface area contributed by atoms with Gasteiger partial charge < -0.3 is 9.47 Å². The van der Waals surface area contributed by atoms with Crippen molar-refractivity contribution in [1.29, 1.82) is 0 Å². The topological polar surface area (TPSA) is 65.5 Å². The molecule has 0 saturated carbocycles. The summed E-state index contributed by atoms with van der Waals surface area (Å²) in [5, 5.41) is 0.533. The van der Waals surface area contributed by atoms with Gasteiger partial charge in [0.05, 0.1) is 5.69 Å². The van der Waals surface area contributed by atoms with Crippen LogP contribution in [0.1, 0.15) is 30.7 Å². The Labute approximate surface area is 114 Å². The number of halogens is 1. The van der Waals surface area contributed by atoms with Crippen LogP contribution in [0.15, 0.2) is 6.20 Å². The molecular weight excluding hydrogens is 302 g/mol. The summed E-state index contributed by atoms with van der Waals surface area (Å²) in [6.45, 7) is 4.43. The highest BCUT2D eigenvalue weighted by Crippen LogP contribution is 2.27. The number of pyridine rings is 1. The number of rotatable bonds is 4. The average molecular weight is 316 g/mol. The van der Waals surface area contributed by atoms with Crippen molar-refractivity contribution in [2.45, 2.75) is 32.7 Å². The lowest BCUT2D eigenvalue weighted by molar-refractivity contribution is -0.142. The molecule has 1 heterocycles. The zero-order valence-electron chi connectivity index (χ0n) is 10.4. The monoisotopic (exact) mass is 315 g/mol. The molecule has 0 aliphatic carbocycles. The van der Waals surface area contributed by atoms with E-state index in [2.05, 4.69) is 20.9 Å². The molecule has 18 heavy (non-hydrogen) atoms. The maximum atomic E-state index is 11.1. The molecule has 0 aromatic carbocycles. The Bertz CT molecular complexity index is 473.